The van der Waals surface area contributed by atoms with Crippen LogP contribution < -0.4 is 5.32 Å². The van der Waals surface area contributed by atoms with E-state index in [1.54, 1.807) is 13.1 Å². The van der Waals surface area contributed by atoms with Crippen molar-refractivity contribution in [1.29, 1.82) is 0 Å². The average molecular weight is 431 g/mol. The molecule has 164 valence electrons. The Balaban J connectivity index is 1.59. The lowest BCUT2D eigenvalue weighted by molar-refractivity contribution is -0.133. The first-order valence-corrected chi connectivity index (χ1v) is 10.9. The summed E-state index contributed by atoms with van der Waals surface area (Å²) in [6, 6.07) is 23.6. The molecule has 1 fully saturated rings. The van der Waals surface area contributed by atoms with Gasteiger partial charge in [0.2, 0.25) is 5.91 Å². The first-order valence-electron chi connectivity index (χ1n) is 10.9. The Morgan fingerprint density at radius 3 is 2.31 bits per heavy atom. The lowest BCUT2D eigenvalue weighted by Gasteiger charge is -2.41. The van der Waals surface area contributed by atoms with Crippen LogP contribution in [0.1, 0.15) is 28.8 Å². The predicted molar refractivity (Wildman–Crippen MR) is 124 cm³/mol. The number of rotatable bonds is 5. The van der Waals surface area contributed by atoms with Crippen molar-refractivity contribution in [2.24, 2.45) is 5.41 Å². The molecule has 0 aromatic heterocycles. The number of hydrogen-bond acceptors (Lipinski definition) is 2. The number of nitrogens with one attached hydrogen (secondary N) is 1. The van der Waals surface area contributed by atoms with Gasteiger partial charge in [0, 0.05) is 25.7 Å². The maximum absolute atomic E-state index is 13.9. The molecule has 2 amide bonds. The minimum atomic E-state index is -0.619. The normalized spacial score (nSPS) is 15.2. The van der Waals surface area contributed by atoms with Gasteiger partial charge in [0.25, 0.3) is 5.91 Å². The monoisotopic (exact) mass is 430 g/mol. The molecule has 0 saturated carbocycles. The third kappa shape index (κ3) is 4.42. The van der Waals surface area contributed by atoms with Crippen LogP contribution in [0, 0.1) is 11.2 Å². The molecule has 1 aliphatic heterocycles. The van der Waals surface area contributed by atoms with Gasteiger partial charge in [-0.15, -0.1) is 0 Å². The van der Waals surface area contributed by atoms with Crippen LogP contribution in [0.25, 0.3) is 11.1 Å². The van der Waals surface area contributed by atoms with E-state index in [1.165, 1.54) is 12.1 Å². The number of carbonyl (C=O) groups excluding carboxylic acids is 2. The highest BCUT2D eigenvalue weighted by molar-refractivity contribution is 5.94. The lowest BCUT2D eigenvalue weighted by atomic mass is 9.72. The summed E-state index contributed by atoms with van der Waals surface area (Å²) in [6.07, 6.45) is 1.68. The quantitative estimate of drug-likeness (QED) is 0.638. The number of amides is 2. The van der Waals surface area contributed by atoms with E-state index in [2.05, 4.69) is 5.32 Å². The van der Waals surface area contributed by atoms with Crippen molar-refractivity contribution in [2.75, 3.05) is 20.1 Å². The van der Waals surface area contributed by atoms with Crippen molar-refractivity contribution in [2.45, 2.75) is 19.3 Å². The molecule has 5 heteroatoms. The van der Waals surface area contributed by atoms with Crippen molar-refractivity contribution >= 4 is 11.8 Å². The highest BCUT2D eigenvalue weighted by Gasteiger charge is 2.42. The molecule has 0 radical (unpaired) electrons. The number of likely N-dealkylation sites (tertiary alicyclic amines) is 1. The number of piperidine rings is 1. The van der Waals surface area contributed by atoms with E-state index in [1.807, 2.05) is 65.6 Å². The van der Waals surface area contributed by atoms with Gasteiger partial charge in [-0.05, 0) is 60.2 Å². The summed E-state index contributed by atoms with van der Waals surface area (Å²) in [6.45, 7) is 1.03. The zero-order chi connectivity index (χ0) is 22.6. The number of benzene rings is 3. The molecule has 0 unspecified atom stereocenters. The molecule has 0 bridgehead atoms. The minimum Gasteiger partial charge on any atom is -0.359 e. The minimum absolute atomic E-state index is 0.00346. The molecule has 32 heavy (non-hydrogen) atoms. The average Bonchev–Trinajstić information content (AvgIpc) is 2.84. The van der Waals surface area contributed by atoms with Crippen molar-refractivity contribution in [3.05, 3.63) is 95.8 Å². The summed E-state index contributed by atoms with van der Waals surface area (Å²) in [7, 11) is 1.66. The van der Waals surface area contributed by atoms with Crippen LogP contribution in [-0.2, 0) is 11.2 Å². The van der Waals surface area contributed by atoms with Crippen LogP contribution in [0.4, 0.5) is 4.39 Å². The van der Waals surface area contributed by atoms with Gasteiger partial charge in [0.15, 0.2) is 0 Å². The highest BCUT2D eigenvalue weighted by Crippen LogP contribution is 2.38. The summed E-state index contributed by atoms with van der Waals surface area (Å²) in [5, 5.41) is 2.84. The summed E-state index contributed by atoms with van der Waals surface area (Å²) in [5.74, 6) is -0.305. The van der Waals surface area contributed by atoms with Gasteiger partial charge in [-0.1, -0.05) is 54.6 Å². The molecule has 3 aromatic rings. The van der Waals surface area contributed by atoms with Gasteiger partial charge in [0.1, 0.15) is 5.82 Å². The Bertz CT molecular complexity index is 1110. The number of nitrogens with zero attached hydrogens (tertiary/aromatic N) is 1. The van der Waals surface area contributed by atoms with Crippen LogP contribution in [0.2, 0.25) is 0 Å². The molecule has 1 heterocycles. The molecule has 4 rings (SSSR count). The molecule has 1 N–H and O–H groups in total. The van der Waals surface area contributed by atoms with Gasteiger partial charge in [-0.25, -0.2) is 4.39 Å². The Morgan fingerprint density at radius 1 is 0.938 bits per heavy atom. The zero-order valence-corrected chi connectivity index (χ0v) is 18.2. The molecule has 1 aliphatic rings. The maximum atomic E-state index is 13.9. The van der Waals surface area contributed by atoms with E-state index >= 15 is 0 Å². The van der Waals surface area contributed by atoms with Gasteiger partial charge >= 0.3 is 0 Å². The summed E-state index contributed by atoms with van der Waals surface area (Å²) >= 11 is 0. The Kier molecular flexibility index (Phi) is 6.35. The van der Waals surface area contributed by atoms with Crippen LogP contribution in [0.15, 0.2) is 78.9 Å². The van der Waals surface area contributed by atoms with Gasteiger partial charge in [-0.3, -0.25) is 9.59 Å². The summed E-state index contributed by atoms with van der Waals surface area (Å²) in [4.78, 5) is 27.8. The Labute approximate surface area is 188 Å². The second-order valence-corrected chi connectivity index (χ2v) is 8.36. The van der Waals surface area contributed by atoms with Crippen molar-refractivity contribution < 1.29 is 14.0 Å². The van der Waals surface area contributed by atoms with Crippen LogP contribution in [0.5, 0.6) is 0 Å². The Morgan fingerprint density at radius 2 is 1.62 bits per heavy atom. The van der Waals surface area contributed by atoms with Crippen molar-refractivity contribution in [3.63, 3.8) is 0 Å². The fourth-order valence-electron chi connectivity index (χ4n) is 4.63. The van der Waals surface area contributed by atoms with Gasteiger partial charge in [0.05, 0.1) is 5.41 Å². The second kappa shape index (κ2) is 9.35. The van der Waals surface area contributed by atoms with E-state index in [0.29, 0.717) is 37.9 Å². The molecule has 3 aromatic carbocycles. The topological polar surface area (TPSA) is 49.4 Å². The van der Waals surface area contributed by atoms with E-state index < -0.39 is 5.41 Å². The SMILES string of the molecule is CNC(=O)C1(Cc2ccccc2-c2cccc(F)c2)CCN(C(=O)c2ccccc2)CC1. The number of carbonyl (C=O) groups is 2. The standard InChI is InChI=1S/C27H27FN2O2/c1-29-26(32)27(14-16-30(17-15-27)25(31)20-8-3-2-4-9-20)19-22-10-5-6-13-24(22)21-11-7-12-23(28)18-21/h2-13,18H,14-17,19H2,1H3,(H,29,32). The molecule has 0 spiro atoms. The maximum Gasteiger partial charge on any atom is 0.253 e. The molecule has 1 saturated heterocycles. The number of hydrogen-bond donors (Lipinski definition) is 1. The van der Waals surface area contributed by atoms with Gasteiger partial charge < -0.3 is 10.2 Å². The Hall–Kier alpha value is -3.47. The molecule has 0 aliphatic carbocycles. The van der Waals surface area contributed by atoms with Crippen LogP contribution in [0.3, 0.4) is 0 Å². The molecule has 0 atom stereocenters. The summed E-state index contributed by atoms with van der Waals surface area (Å²) in [5.41, 5.74) is 2.77. The molecule has 4 nitrogen and oxygen atoms in total. The lowest BCUT2D eigenvalue weighted by Crippen LogP contribution is -2.50. The molecular weight excluding hydrogens is 403 g/mol. The smallest absolute Gasteiger partial charge is 0.253 e. The van der Waals surface area contributed by atoms with Crippen LogP contribution >= 0.6 is 0 Å². The fourth-order valence-corrected chi connectivity index (χ4v) is 4.63. The van der Waals surface area contributed by atoms with E-state index in [9.17, 15) is 14.0 Å². The van der Waals surface area contributed by atoms with Crippen molar-refractivity contribution in [3.8, 4) is 11.1 Å². The van der Waals surface area contributed by atoms with Crippen molar-refractivity contribution in [1.82, 2.24) is 10.2 Å². The third-order valence-electron chi connectivity index (χ3n) is 6.42. The fraction of sp³-hybridized carbons (Fsp3) is 0.259. The van der Waals surface area contributed by atoms with E-state index in [4.69, 9.17) is 0 Å². The first kappa shape index (κ1) is 21.8. The number of halogens is 1. The largest absolute Gasteiger partial charge is 0.359 e. The second-order valence-electron chi connectivity index (χ2n) is 8.36. The third-order valence-corrected chi connectivity index (χ3v) is 6.42. The zero-order valence-electron chi connectivity index (χ0n) is 18.2. The predicted octanol–water partition coefficient (Wildman–Crippen LogP) is 4.70. The molecular formula is C27H27FN2O2. The highest BCUT2D eigenvalue weighted by atomic mass is 19.1. The summed E-state index contributed by atoms with van der Waals surface area (Å²) < 4.78 is 13.9. The van der Waals surface area contributed by atoms with E-state index in [0.717, 1.165) is 16.7 Å². The first-order chi connectivity index (χ1) is 15.5. The van der Waals surface area contributed by atoms with Gasteiger partial charge in [-0.2, -0.15) is 0 Å². The van der Waals surface area contributed by atoms with E-state index in [-0.39, 0.29) is 17.6 Å². The van der Waals surface area contributed by atoms with Crippen LogP contribution in [-0.4, -0.2) is 36.9 Å².